The zero-order valence-electron chi connectivity index (χ0n) is 16.1. The maximum absolute atomic E-state index is 15.0. The van der Waals surface area contributed by atoms with E-state index in [4.69, 9.17) is 0 Å². The van der Waals surface area contributed by atoms with E-state index < -0.39 is 26.7 Å². The minimum atomic E-state index is -4.23. The number of halogens is 2. The van der Waals surface area contributed by atoms with Gasteiger partial charge in [-0.3, -0.25) is 4.72 Å². The fraction of sp³-hybridized carbons (Fsp3) is 0.421. The number of pyridine rings is 1. The second kappa shape index (κ2) is 8.00. The Morgan fingerprint density at radius 3 is 2.68 bits per heavy atom. The lowest BCUT2D eigenvalue weighted by Crippen LogP contribution is -2.26. The standard InChI is InChI=1S/C19H24F2N4O2S/c1-13-15(25-10-9-14(12-25)11-24(2)3)7-8-16(19(13)21)28(26,27)23-18-6-4-5-17(20)22-18/h4-8,14H,9-12H2,1-3H3,(H,22,23). The van der Waals surface area contributed by atoms with Crippen molar-refractivity contribution in [1.29, 1.82) is 0 Å². The van der Waals surface area contributed by atoms with Crippen molar-refractivity contribution in [2.24, 2.45) is 5.92 Å². The second-order valence-corrected chi connectivity index (χ2v) is 8.99. The van der Waals surface area contributed by atoms with Crippen LogP contribution in [0.2, 0.25) is 0 Å². The molecule has 1 saturated heterocycles. The highest BCUT2D eigenvalue weighted by Crippen LogP contribution is 2.31. The largest absolute Gasteiger partial charge is 0.371 e. The summed E-state index contributed by atoms with van der Waals surface area (Å²) in [5.74, 6) is -1.35. The molecule has 0 spiro atoms. The molecule has 28 heavy (non-hydrogen) atoms. The molecule has 0 aliphatic carbocycles. The topological polar surface area (TPSA) is 65.5 Å². The first-order valence-corrected chi connectivity index (χ1v) is 10.5. The first-order valence-electron chi connectivity index (χ1n) is 9.01. The van der Waals surface area contributed by atoms with Gasteiger partial charge < -0.3 is 9.80 Å². The van der Waals surface area contributed by atoms with Crippen LogP contribution in [0.15, 0.2) is 35.2 Å². The van der Waals surface area contributed by atoms with E-state index in [0.717, 1.165) is 32.1 Å². The van der Waals surface area contributed by atoms with Crippen molar-refractivity contribution in [2.45, 2.75) is 18.2 Å². The van der Waals surface area contributed by atoms with Crippen molar-refractivity contribution in [1.82, 2.24) is 9.88 Å². The average Bonchev–Trinajstić information content (AvgIpc) is 3.04. The quantitative estimate of drug-likeness (QED) is 0.742. The van der Waals surface area contributed by atoms with Crippen molar-refractivity contribution < 1.29 is 17.2 Å². The zero-order valence-corrected chi connectivity index (χ0v) is 16.9. The smallest absolute Gasteiger partial charge is 0.265 e. The molecule has 1 fully saturated rings. The molecular weight excluding hydrogens is 386 g/mol. The van der Waals surface area contributed by atoms with Crippen LogP contribution >= 0.6 is 0 Å². The van der Waals surface area contributed by atoms with Crippen LogP contribution in [0.5, 0.6) is 0 Å². The number of anilines is 2. The van der Waals surface area contributed by atoms with Crippen molar-refractivity contribution in [3.05, 3.63) is 47.7 Å². The highest BCUT2D eigenvalue weighted by molar-refractivity contribution is 7.92. The Kier molecular flexibility index (Phi) is 5.85. The van der Waals surface area contributed by atoms with Gasteiger partial charge in [0.15, 0.2) is 0 Å². The minimum absolute atomic E-state index is 0.202. The number of benzene rings is 1. The van der Waals surface area contributed by atoms with Crippen LogP contribution in [0.25, 0.3) is 0 Å². The van der Waals surface area contributed by atoms with Crippen LogP contribution in [0, 0.1) is 24.6 Å². The molecule has 1 atom stereocenters. The first-order chi connectivity index (χ1) is 13.2. The van der Waals surface area contributed by atoms with E-state index in [1.54, 1.807) is 13.0 Å². The minimum Gasteiger partial charge on any atom is -0.371 e. The lowest BCUT2D eigenvalue weighted by atomic mass is 10.1. The molecule has 0 saturated carbocycles. The predicted molar refractivity (Wildman–Crippen MR) is 105 cm³/mol. The monoisotopic (exact) mass is 410 g/mol. The van der Waals surface area contributed by atoms with Gasteiger partial charge in [-0.15, -0.1) is 0 Å². The van der Waals surface area contributed by atoms with Crippen LogP contribution < -0.4 is 9.62 Å². The summed E-state index contributed by atoms with van der Waals surface area (Å²) in [4.78, 5) is 7.19. The van der Waals surface area contributed by atoms with Gasteiger partial charge in [0.2, 0.25) is 5.95 Å². The number of hydrogen-bond acceptors (Lipinski definition) is 5. The predicted octanol–water partition coefficient (Wildman–Crippen LogP) is 2.86. The SMILES string of the molecule is Cc1c(N2CCC(CN(C)C)C2)ccc(S(=O)(=O)Nc2cccc(F)n2)c1F. The molecule has 6 nitrogen and oxygen atoms in total. The Labute approximate surface area is 164 Å². The third-order valence-electron chi connectivity index (χ3n) is 4.82. The number of nitrogens with one attached hydrogen (secondary N) is 1. The first kappa shape index (κ1) is 20.5. The highest BCUT2D eigenvalue weighted by Gasteiger charge is 2.28. The molecule has 0 amide bonds. The summed E-state index contributed by atoms with van der Waals surface area (Å²) in [6, 6.07) is 6.59. The molecule has 1 aliphatic heterocycles. The molecule has 2 heterocycles. The van der Waals surface area contributed by atoms with Gasteiger partial charge in [-0.25, -0.2) is 17.8 Å². The Morgan fingerprint density at radius 1 is 1.25 bits per heavy atom. The van der Waals surface area contributed by atoms with Crippen molar-refractivity contribution in [3.63, 3.8) is 0 Å². The van der Waals surface area contributed by atoms with Crippen LogP contribution in [0.1, 0.15) is 12.0 Å². The zero-order chi connectivity index (χ0) is 20.5. The lowest BCUT2D eigenvalue weighted by molar-refractivity contribution is 0.340. The molecule has 0 bridgehead atoms. The van der Waals surface area contributed by atoms with Gasteiger partial charge in [0.05, 0.1) is 0 Å². The third-order valence-corrected chi connectivity index (χ3v) is 6.19. The summed E-state index contributed by atoms with van der Waals surface area (Å²) in [5, 5.41) is 0. The maximum Gasteiger partial charge on any atom is 0.265 e. The molecule has 2 aromatic rings. The molecule has 1 N–H and O–H groups in total. The molecule has 3 rings (SSSR count). The second-order valence-electron chi connectivity index (χ2n) is 7.34. The van der Waals surface area contributed by atoms with E-state index in [9.17, 15) is 17.2 Å². The van der Waals surface area contributed by atoms with Gasteiger partial charge in [0, 0.05) is 30.9 Å². The molecule has 1 unspecified atom stereocenters. The maximum atomic E-state index is 15.0. The van der Waals surface area contributed by atoms with Gasteiger partial charge in [0.25, 0.3) is 10.0 Å². The molecule has 0 radical (unpaired) electrons. The third kappa shape index (κ3) is 4.41. The summed E-state index contributed by atoms with van der Waals surface area (Å²) in [6.45, 7) is 4.13. The Bertz CT molecular complexity index is 966. The summed E-state index contributed by atoms with van der Waals surface area (Å²) in [5.41, 5.74) is 0.974. The van der Waals surface area contributed by atoms with Crippen LogP contribution in [-0.4, -0.2) is 52.0 Å². The summed E-state index contributed by atoms with van der Waals surface area (Å²) < 4.78 is 55.4. The van der Waals surface area contributed by atoms with Crippen molar-refractivity contribution in [3.8, 4) is 0 Å². The van der Waals surface area contributed by atoms with Gasteiger partial charge in [-0.2, -0.15) is 4.39 Å². The summed E-state index contributed by atoms with van der Waals surface area (Å²) in [7, 11) is -0.187. The van der Waals surface area contributed by atoms with Gasteiger partial charge in [0.1, 0.15) is 16.5 Å². The number of hydrogen-bond donors (Lipinski definition) is 1. The molecule has 1 aliphatic rings. The number of rotatable bonds is 6. The van der Waals surface area contributed by atoms with Gasteiger partial charge in [-0.1, -0.05) is 6.07 Å². The van der Waals surface area contributed by atoms with E-state index in [1.807, 2.05) is 14.1 Å². The molecule has 152 valence electrons. The van der Waals surface area contributed by atoms with Crippen molar-refractivity contribution in [2.75, 3.05) is 43.4 Å². The number of aromatic nitrogens is 1. The Morgan fingerprint density at radius 2 is 2.00 bits per heavy atom. The fourth-order valence-corrected chi connectivity index (χ4v) is 4.71. The van der Waals surface area contributed by atoms with Crippen LogP contribution in [0.4, 0.5) is 20.3 Å². The average molecular weight is 410 g/mol. The van der Waals surface area contributed by atoms with Crippen LogP contribution in [-0.2, 0) is 10.0 Å². The van der Waals surface area contributed by atoms with E-state index in [-0.39, 0.29) is 11.4 Å². The molecule has 1 aromatic carbocycles. The highest BCUT2D eigenvalue weighted by atomic mass is 32.2. The van der Waals surface area contributed by atoms with Gasteiger partial charge in [-0.05, 0) is 57.6 Å². The summed E-state index contributed by atoms with van der Waals surface area (Å²) >= 11 is 0. The number of sulfonamides is 1. The van der Waals surface area contributed by atoms with E-state index in [0.29, 0.717) is 11.6 Å². The molecule has 9 heteroatoms. The normalized spacial score (nSPS) is 17.4. The number of nitrogens with zero attached hydrogens (tertiary/aromatic N) is 3. The fourth-order valence-electron chi connectivity index (χ4n) is 3.57. The Balaban J connectivity index is 1.84. The van der Waals surface area contributed by atoms with Gasteiger partial charge >= 0.3 is 0 Å². The van der Waals surface area contributed by atoms with Crippen molar-refractivity contribution >= 4 is 21.5 Å². The lowest BCUT2D eigenvalue weighted by Gasteiger charge is -2.23. The molecule has 1 aromatic heterocycles. The van der Waals surface area contributed by atoms with Crippen LogP contribution in [0.3, 0.4) is 0 Å². The Hall–Kier alpha value is -2.26. The van der Waals surface area contributed by atoms with E-state index >= 15 is 0 Å². The summed E-state index contributed by atoms with van der Waals surface area (Å²) in [6.07, 6.45) is 1.01. The van der Waals surface area contributed by atoms with E-state index in [1.165, 1.54) is 18.2 Å². The van der Waals surface area contributed by atoms with E-state index in [2.05, 4.69) is 19.5 Å². The molecular formula is C19H24F2N4O2S.